The highest BCUT2D eigenvalue weighted by molar-refractivity contribution is 6.09. The van der Waals surface area contributed by atoms with Crippen LogP contribution in [0.5, 0.6) is 0 Å². The van der Waals surface area contributed by atoms with Gasteiger partial charge in [-0.3, -0.25) is 19.5 Å². The van der Waals surface area contributed by atoms with Crippen LogP contribution in [0.15, 0.2) is 54.9 Å². The van der Waals surface area contributed by atoms with Gasteiger partial charge in [0.15, 0.2) is 0 Å². The quantitative estimate of drug-likeness (QED) is 0.776. The second kappa shape index (κ2) is 7.88. The number of anilines is 1. The molecule has 0 N–H and O–H groups in total. The van der Waals surface area contributed by atoms with Gasteiger partial charge in [0, 0.05) is 57.3 Å². The maximum atomic E-state index is 12.9. The third-order valence-electron chi connectivity index (χ3n) is 5.38. The lowest BCUT2D eigenvalue weighted by atomic mass is 10.1. The Balaban J connectivity index is 1.32. The molecule has 0 aliphatic carbocycles. The van der Waals surface area contributed by atoms with Crippen molar-refractivity contribution in [3.8, 4) is 0 Å². The molecule has 2 amide bonds. The normalized spacial score (nSPS) is 20.9. The molecule has 6 nitrogen and oxygen atoms in total. The number of amides is 2. The van der Waals surface area contributed by atoms with Crippen molar-refractivity contribution < 1.29 is 9.59 Å². The smallest absolute Gasteiger partial charge is 0.239 e. The number of carbonyl (C=O) groups excluding carboxylic acids is 2. The zero-order chi connectivity index (χ0) is 18.6. The number of pyridine rings is 1. The van der Waals surface area contributed by atoms with E-state index in [1.165, 1.54) is 5.56 Å². The van der Waals surface area contributed by atoms with Gasteiger partial charge >= 0.3 is 0 Å². The molecule has 2 fully saturated rings. The number of hydrogen-bond donors (Lipinski definition) is 0. The Bertz CT molecular complexity index is 788. The van der Waals surface area contributed by atoms with Crippen LogP contribution < -0.4 is 4.90 Å². The molecule has 4 rings (SSSR count). The van der Waals surface area contributed by atoms with E-state index < -0.39 is 5.92 Å². The van der Waals surface area contributed by atoms with Crippen LogP contribution in [-0.2, 0) is 16.1 Å². The zero-order valence-electron chi connectivity index (χ0n) is 15.3. The van der Waals surface area contributed by atoms with Crippen molar-refractivity contribution in [3.63, 3.8) is 0 Å². The first-order chi connectivity index (χ1) is 13.2. The highest BCUT2D eigenvalue weighted by Gasteiger charge is 2.40. The molecule has 140 valence electrons. The number of hydrogen-bond acceptors (Lipinski definition) is 4. The minimum absolute atomic E-state index is 0.0144. The van der Waals surface area contributed by atoms with E-state index in [0.29, 0.717) is 26.1 Å². The van der Waals surface area contributed by atoms with Gasteiger partial charge in [0.25, 0.3) is 0 Å². The van der Waals surface area contributed by atoms with Gasteiger partial charge in [-0.15, -0.1) is 0 Å². The number of piperazine rings is 1. The monoisotopic (exact) mass is 364 g/mol. The summed E-state index contributed by atoms with van der Waals surface area (Å²) in [7, 11) is 0. The average molecular weight is 364 g/mol. The molecule has 27 heavy (non-hydrogen) atoms. The standard InChI is InChI=1S/C21H24N4O2/c26-20(19-8-10-25(21(19)27)18-6-2-1-3-7-18)24-13-11-23(12-14-24)16-17-5-4-9-22-15-17/h1-7,9,15,19H,8,10-14,16H2. The number of para-hydroxylation sites is 1. The summed E-state index contributed by atoms with van der Waals surface area (Å²) in [6.07, 6.45) is 4.26. The Labute approximate surface area is 159 Å². The summed E-state index contributed by atoms with van der Waals surface area (Å²) in [5, 5.41) is 0. The molecule has 6 heteroatoms. The van der Waals surface area contributed by atoms with Crippen molar-refractivity contribution in [2.75, 3.05) is 37.6 Å². The number of nitrogens with zero attached hydrogens (tertiary/aromatic N) is 4. The molecule has 0 spiro atoms. The fourth-order valence-corrected chi connectivity index (χ4v) is 3.87. The lowest BCUT2D eigenvalue weighted by molar-refractivity contribution is -0.141. The van der Waals surface area contributed by atoms with Gasteiger partial charge in [0.1, 0.15) is 5.92 Å². The van der Waals surface area contributed by atoms with E-state index in [2.05, 4.69) is 16.0 Å². The first kappa shape index (κ1) is 17.7. The Kier molecular flexibility index (Phi) is 5.16. The Morgan fingerprint density at radius 1 is 1.00 bits per heavy atom. The first-order valence-corrected chi connectivity index (χ1v) is 9.49. The van der Waals surface area contributed by atoms with Crippen LogP contribution in [0.2, 0.25) is 0 Å². The van der Waals surface area contributed by atoms with Crippen molar-refractivity contribution in [2.24, 2.45) is 5.92 Å². The van der Waals surface area contributed by atoms with Gasteiger partial charge in [-0.25, -0.2) is 0 Å². The molecule has 1 aromatic heterocycles. The molecule has 2 aliphatic rings. The van der Waals surface area contributed by atoms with E-state index in [0.717, 1.165) is 25.3 Å². The van der Waals surface area contributed by atoms with Crippen LogP contribution >= 0.6 is 0 Å². The van der Waals surface area contributed by atoms with Crippen LogP contribution in [-0.4, -0.2) is 59.3 Å². The van der Waals surface area contributed by atoms with Crippen LogP contribution in [0.1, 0.15) is 12.0 Å². The highest BCUT2D eigenvalue weighted by Crippen LogP contribution is 2.26. The lowest BCUT2D eigenvalue weighted by Gasteiger charge is -2.35. The predicted molar refractivity (Wildman–Crippen MR) is 103 cm³/mol. The molecule has 0 bridgehead atoms. The molecule has 0 radical (unpaired) electrons. The van der Waals surface area contributed by atoms with E-state index in [9.17, 15) is 9.59 Å². The highest BCUT2D eigenvalue weighted by atomic mass is 16.2. The SMILES string of the molecule is O=C(C1CCN(c2ccccc2)C1=O)N1CCN(Cc2cccnc2)CC1. The molecule has 2 aromatic rings. The summed E-state index contributed by atoms with van der Waals surface area (Å²) in [6.45, 7) is 4.45. The summed E-state index contributed by atoms with van der Waals surface area (Å²) in [5.74, 6) is -0.612. The molecule has 0 saturated carbocycles. The van der Waals surface area contributed by atoms with Crippen molar-refractivity contribution >= 4 is 17.5 Å². The summed E-state index contributed by atoms with van der Waals surface area (Å²) in [6, 6.07) is 13.6. The first-order valence-electron chi connectivity index (χ1n) is 9.49. The maximum absolute atomic E-state index is 12.9. The zero-order valence-corrected chi connectivity index (χ0v) is 15.3. The van der Waals surface area contributed by atoms with Gasteiger partial charge < -0.3 is 9.80 Å². The second-order valence-corrected chi connectivity index (χ2v) is 7.13. The number of aromatic nitrogens is 1. The third-order valence-corrected chi connectivity index (χ3v) is 5.38. The summed E-state index contributed by atoms with van der Waals surface area (Å²) in [4.78, 5) is 35.7. The Hall–Kier alpha value is -2.73. The van der Waals surface area contributed by atoms with Crippen molar-refractivity contribution in [3.05, 3.63) is 60.4 Å². The minimum atomic E-state index is -0.532. The average Bonchev–Trinajstić information content (AvgIpc) is 3.11. The summed E-state index contributed by atoms with van der Waals surface area (Å²) < 4.78 is 0. The van der Waals surface area contributed by atoms with Crippen molar-refractivity contribution in [2.45, 2.75) is 13.0 Å². The van der Waals surface area contributed by atoms with E-state index in [1.807, 2.05) is 47.5 Å². The summed E-state index contributed by atoms with van der Waals surface area (Å²) in [5.41, 5.74) is 2.06. The largest absolute Gasteiger partial charge is 0.339 e. The van der Waals surface area contributed by atoms with Gasteiger partial charge in [-0.05, 0) is 30.2 Å². The van der Waals surface area contributed by atoms with E-state index in [4.69, 9.17) is 0 Å². The molecule has 2 aliphatic heterocycles. The second-order valence-electron chi connectivity index (χ2n) is 7.13. The fraction of sp³-hybridized carbons (Fsp3) is 0.381. The molecule has 1 unspecified atom stereocenters. The van der Waals surface area contributed by atoms with Crippen molar-refractivity contribution in [1.82, 2.24) is 14.8 Å². The van der Waals surface area contributed by atoms with Crippen molar-refractivity contribution in [1.29, 1.82) is 0 Å². The van der Waals surface area contributed by atoms with Gasteiger partial charge in [0.2, 0.25) is 11.8 Å². The Morgan fingerprint density at radius 3 is 2.48 bits per heavy atom. The number of rotatable bonds is 4. The maximum Gasteiger partial charge on any atom is 0.239 e. The Morgan fingerprint density at radius 2 is 1.78 bits per heavy atom. The lowest BCUT2D eigenvalue weighted by Crippen LogP contribution is -2.51. The molecule has 3 heterocycles. The molecular formula is C21H24N4O2. The van der Waals surface area contributed by atoms with Crippen LogP contribution in [0, 0.1) is 5.92 Å². The fourth-order valence-electron chi connectivity index (χ4n) is 3.87. The van der Waals surface area contributed by atoms with Crippen LogP contribution in [0.3, 0.4) is 0 Å². The number of carbonyl (C=O) groups is 2. The molecular weight excluding hydrogens is 340 g/mol. The van der Waals surface area contributed by atoms with E-state index in [1.54, 1.807) is 11.1 Å². The van der Waals surface area contributed by atoms with Crippen LogP contribution in [0.4, 0.5) is 5.69 Å². The van der Waals surface area contributed by atoms with Crippen LogP contribution in [0.25, 0.3) is 0 Å². The molecule has 1 aromatic carbocycles. The van der Waals surface area contributed by atoms with E-state index >= 15 is 0 Å². The predicted octanol–water partition coefficient (Wildman–Crippen LogP) is 1.78. The molecule has 1 atom stereocenters. The number of benzene rings is 1. The topological polar surface area (TPSA) is 56.8 Å². The van der Waals surface area contributed by atoms with Gasteiger partial charge in [-0.2, -0.15) is 0 Å². The molecule has 2 saturated heterocycles. The van der Waals surface area contributed by atoms with Gasteiger partial charge in [0.05, 0.1) is 0 Å². The third kappa shape index (κ3) is 3.85. The van der Waals surface area contributed by atoms with E-state index in [-0.39, 0.29) is 11.8 Å². The minimum Gasteiger partial charge on any atom is -0.339 e. The summed E-state index contributed by atoms with van der Waals surface area (Å²) >= 11 is 0. The van der Waals surface area contributed by atoms with Gasteiger partial charge in [-0.1, -0.05) is 24.3 Å².